The van der Waals surface area contributed by atoms with E-state index < -0.39 is 0 Å². The van der Waals surface area contributed by atoms with Crippen molar-refractivity contribution >= 4 is 5.91 Å². The zero-order chi connectivity index (χ0) is 10.4. The fourth-order valence-electron chi connectivity index (χ4n) is 1.00. The molecule has 0 saturated heterocycles. The van der Waals surface area contributed by atoms with E-state index in [1.165, 1.54) is 0 Å². The number of carbonyl (C=O) groups excluding carboxylic acids is 1. The van der Waals surface area contributed by atoms with Gasteiger partial charge in [-0.2, -0.15) is 0 Å². The minimum Gasteiger partial charge on any atom is -0.481 e. The smallest absolute Gasteiger partial charge is 0.231 e. The Morgan fingerprint density at radius 3 is 3.14 bits per heavy atom. The predicted octanol–water partition coefficient (Wildman–Crippen LogP) is -0.335. The van der Waals surface area contributed by atoms with Gasteiger partial charge in [-0.3, -0.25) is 4.79 Å². The summed E-state index contributed by atoms with van der Waals surface area (Å²) in [6.07, 6.45) is 1.65. The molecule has 0 aliphatic heterocycles. The minimum absolute atomic E-state index is 0.171. The lowest BCUT2D eigenvalue weighted by Gasteiger charge is -2.03. The first-order valence-corrected chi connectivity index (χ1v) is 4.20. The molecular weight excluding hydrogens is 182 g/mol. The molecule has 14 heavy (non-hydrogen) atoms. The maximum absolute atomic E-state index is 10.4. The molecule has 1 aromatic rings. The average molecular weight is 195 g/mol. The number of amides is 1. The van der Waals surface area contributed by atoms with Crippen LogP contribution in [0.5, 0.6) is 5.88 Å². The number of primary amides is 1. The largest absolute Gasteiger partial charge is 0.481 e. The second kappa shape index (κ2) is 5.18. The topological polar surface area (TPSA) is 77.2 Å². The van der Waals surface area contributed by atoms with Gasteiger partial charge in [0.2, 0.25) is 11.8 Å². The lowest BCUT2D eigenvalue weighted by molar-refractivity contribution is -0.117. The summed E-state index contributed by atoms with van der Waals surface area (Å²) >= 11 is 0. The third-order valence-corrected chi connectivity index (χ3v) is 1.64. The van der Waals surface area contributed by atoms with Crippen molar-refractivity contribution in [1.82, 2.24) is 10.3 Å². The summed E-state index contributed by atoms with van der Waals surface area (Å²) in [5, 5.41) is 2.89. The minimum atomic E-state index is -0.369. The fraction of sp³-hybridized carbons (Fsp3) is 0.333. The molecule has 0 fully saturated rings. The Labute approximate surface area is 82.3 Å². The molecule has 1 amide bonds. The van der Waals surface area contributed by atoms with Crippen molar-refractivity contribution in [3.8, 4) is 5.88 Å². The molecule has 1 heterocycles. The van der Waals surface area contributed by atoms with Crippen LogP contribution in [0.1, 0.15) is 5.56 Å². The van der Waals surface area contributed by atoms with Gasteiger partial charge in [0.25, 0.3) is 0 Å². The van der Waals surface area contributed by atoms with Gasteiger partial charge < -0.3 is 15.8 Å². The van der Waals surface area contributed by atoms with E-state index in [9.17, 15) is 4.79 Å². The Morgan fingerprint density at radius 2 is 2.50 bits per heavy atom. The van der Waals surface area contributed by atoms with Crippen molar-refractivity contribution in [1.29, 1.82) is 0 Å². The van der Waals surface area contributed by atoms with E-state index in [0.29, 0.717) is 12.4 Å². The molecule has 0 atom stereocenters. The molecule has 0 radical (unpaired) electrons. The number of hydrogen-bond donors (Lipinski definition) is 2. The second-order valence-corrected chi connectivity index (χ2v) is 2.78. The van der Waals surface area contributed by atoms with Crippen LogP contribution in [-0.2, 0) is 11.3 Å². The Kier molecular flexibility index (Phi) is 3.87. The van der Waals surface area contributed by atoms with Gasteiger partial charge in [0, 0.05) is 18.8 Å². The van der Waals surface area contributed by atoms with Crippen molar-refractivity contribution in [2.75, 3.05) is 13.7 Å². The Bertz CT molecular complexity index is 315. The Balaban J connectivity index is 2.46. The van der Waals surface area contributed by atoms with Crippen LogP contribution in [0.3, 0.4) is 0 Å². The number of carbonyl (C=O) groups is 1. The number of nitrogens with one attached hydrogen (secondary N) is 1. The molecule has 0 aromatic carbocycles. The SMILES string of the molecule is COc1cc(CNCC(N)=O)ccn1. The van der Waals surface area contributed by atoms with Crippen molar-refractivity contribution in [2.24, 2.45) is 5.73 Å². The molecule has 5 heteroatoms. The van der Waals surface area contributed by atoms with Gasteiger partial charge in [-0.05, 0) is 11.6 Å². The van der Waals surface area contributed by atoms with Gasteiger partial charge >= 0.3 is 0 Å². The molecular formula is C9H13N3O2. The number of aromatic nitrogens is 1. The summed E-state index contributed by atoms with van der Waals surface area (Å²) < 4.78 is 4.95. The lowest BCUT2D eigenvalue weighted by atomic mass is 10.2. The van der Waals surface area contributed by atoms with Crippen LogP contribution in [0.15, 0.2) is 18.3 Å². The summed E-state index contributed by atoms with van der Waals surface area (Å²) in [7, 11) is 1.56. The van der Waals surface area contributed by atoms with Crippen LogP contribution in [0.4, 0.5) is 0 Å². The maximum atomic E-state index is 10.4. The number of rotatable bonds is 5. The molecule has 0 unspecified atom stereocenters. The standard InChI is InChI=1S/C9H13N3O2/c1-14-9-4-7(2-3-12-9)5-11-6-8(10)13/h2-4,11H,5-6H2,1H3,(H2,10,13). The second-order valence-electron chi connectivity index (χ2n) is 2.78. The Morgan fingerprint density at radius 1 is 1.71 bits per heavy atom. The number of nitrogens with zero attached hydrogens (tertiary/aromatic N) is 1. The third kappa shape index (κ3) is 3.40. The van der Waals surface area contributed by atoms with Crippen molar-refractivity contribution < 1.29 is 9.53 Å². The zero-order valence-corrected chi connectivity index (χ0v) is 7.99. The average Bonchev–Trinajstić information content (AvgIpc) is 2.18. The first-order chi connectivity index (χ1) is 6.72. The summed E-state index contributed by atoms with van der Waals surface area (Å²) in [6, 6.07) is 3.64. The molecule has 0 saturated carbocycles. The maximum Gasteiger partial charge on any atom is 0.231 e. The highest BCUT2D eigenvalue weighted by atomic mass is 16.5. The predicted molar refractivity (Wildman–Crippen MR) is 51.7 cm³/mol. The zero-order valence-electron chi connectivity index (χ0n) is 7.99. The third-order valence-electron chi connectivity index (χ3n) is 1.64. The van der Waals surface area contributed by atoms with Gasteiger partial charge in [-0.15, -0.1) is 0 Å². The molecule has 0 aliphatic rings. The van der Waals surface area contributed by atoms with E-state index in [2.05, 4.69) is 10.3 Å². The quantitative estimate of drug-likeness (QED) is 0.674. The lowest BCUT2D eigenvalue weighted by Crippen LogP contribution is -2.28. The van der Waals surface area contributed by atoms with Crippen LogP contribution in [-0.4, -0.2) is 24.5 Å². The van der Waals surface area contributed by atoms with Crippen LogP contribution >= 0.6 is 0 Å². The van der Waals surface area contributed by atoms with Crippen LogP contribution < -0.4 is 15.8 Å². The molecule has 1 aromatic heterocycles. The molecule has 0 spiro atoms. The van der Waals surface area contributed by atoms with Gasteiger partial charge in [-0.1, -0.05) is 0 Å². The van der Waals surface area contributed by atoms with E-state index in [1.54, 1.807) is 19.4 Å². The van der Waals surface area contributed by atoms with Crippen LogP contribution in [0.25, 0.3) is 0 Å². The summed E-state index contributed by atoms with van der Waals surface area (Å²) in [5.74, 6) is 0.189. The van der Waals surface area contributed by atoms with Gasteiger partial charge in [-0.25, -0.2) is 4.98 Å². The van der Waals surface area contributed by atoms with E-state index in [1.807, 2.05) is 6.07 Å². The van der Waals surface area contributed by atoms with Gasteiger partial charge in [0.1, 0.15) is 0 Å². The molecule has 0 aliphatic carbocycles. The number of nitrogens with two attached hydrogens (primary N) is 1. The van der Waals surface area contributed by atoms with Crippen molar-refractivity contribution in [3.05, 3.63) is 23.9 Å². The fourth-order valence-corrected chi connectivity index (χ4v) is 1.00. The highest BCUT2D eigenvalue weighted by molar-refractivity contribution is 5.75. The number of ether oxygens (including phenoxy) is 1. The summed E-state index contributed by atoms with van der Waals surface area (Å²) in [4.78, 5) is 14.4. The van der Waals surface area contributed by atoms with Crippen molar-refractivity contribution in [2.45, 2.75) is 6.54 Å². The molecule has 5 nitrogen and oxygen atoms in total. The van der Waals surface area contributed by atoms with E-state index in [-0.39, 0.29) is 12.5 Å². The Hall–Kier alpha value is -1.62. The van der Waals surface area contributed by atoms with E-state index in [4.69, 9.17) is 10.5 Å². The number of pyridine rings is 1. The van der Waals surface area contributed by atoms with E-state index >= 15 is 0 Å². The highest BCUT2D eigenvalue weighted by Crippen LogP contribution is 2.07. The molecule has 0 bridgehead atoms. The highest BCUT2D eigenvalue weighted by Gasteiger charge is 1.97. The molecule has 3 N–H and O–H groups in total. The summed E-state index contributed by atoms with van der Waals surface area (Å²) in [5.41, 5.74) is 5.97. The van der Waals surface area contributed by atoms with Crippen LogP contribution in [0.2, 0.25) is 0 Å². The number of hydrogen-bond acceptors (Lipinski definition) is 4. The molecule has 76 valence electrons. The van der Waals surface area contributed by atoms with Crippen LogP contribution in [0, 0.1) is 0 Å². The van der Waals surface area contributed by atoms with E-state index in [0.717, 1.165) is 5.56 Å². The molecule has 1 rings (SSSR count). The number of methoxy groups -OCH3 is 1. The van der Waals surface area contributed by atoms with Crippen molar-refractivity contribution in [3.63, 3.8) is 0 Å². The van der Waals surface area contributed by atoms with Gasteiger partial charge in [0.05, 0.1) is 13.7 Å². The first-order valence-electron chi connectivity index (χ1n) is 4.20. The normalized spacial score (nSPS) is 9.79. The van der Waals surface area contributed by atoms with Gasteiger partial charge in [0.15, 0.2) is 0 Å². The first kappa shape index (κ1) is 10.5. The summed E-state index contributed by atoms with van der Waals surface area (Å²) in [6.45, 7) is 0.743. The monoisotopic (exact) mass is 195 g/mol.